The molecule has 0 aliphatic heterocycles. The Labute approximate surface area is 221 Å². The Balaban J connectivity index is 1.15. The van der Waals surface area contributed by atoms with Crippen molar-refractivity contribution in [1.82, 2.24) is 5.16 Å². The molecular weight excluding hydrogens is 495 g/mol. The Morgan fingerprint density at radius 2 is 1.69 bits per heavy atom. The zero-order valence-corrected chi connectivity index (χ0v) is 21.6. The van der Waals surface area contributed by atoms with Gasteiger partial charge in [-0.15, -0.1) is 0 Å². The normalized spacial score (nSPS) is 25.0. The molecule has 186 valence electrons. The molecule has 4 aliphatic rings. The SMILES string of the molecule is N#Cc1cccc(OCC23CCC(OCc4c(-c5c(Cl)cccc5Cl)noc4C4CC4)(CC2)CC3)c1. The molecule has 0 saturated heterocycles. The predicted molar refractivity (Wildman–Crippen MR) is 138 cm³/mol. The van der Waals surface area contributed by atoms with Gasteiger partial charge in [-0.1, -0.05) is 40.5 Å². The minimum absolute atomic E-state index is 0.123. The second kappa shape index (κ2) is 9.41. The van der Waals surface area contributed by atoms with Gasteiger partial charge in [0.1, 0.15) is 17.2 Å². The predicted octanol–water partition coefficient (Wildman–Crippen LogP) is 8.09. The van der Waals surface area contributed by atoms with Gasteiger partial charge < -0.3 is 14.0 Å². The molecular formula is C29H28Cl2N2O3. The molecule has 0 amide bonds. The highest BCUT2D eigenvalue weighted by molar-refractivity contribution is 6.39. The molecule has 4 saturated carbocycles. The van der Waals surface area contributed by atoms with Crippen molar-refractivity contribution in [3.05, 3.63) is 69.4 Å². The summed E-state index contributed by atoms with van der Waals surface area (Å²) in [6.45, 7) is 1.14. The largest absolute Gasteiger partial charge is 0.493 e. The van der Waals surface area contributed by atoms with E-state index >= 15 is 0 Å². The lowest BCUT2D eigenvalue weighted by Crippen LogP contribution is -2.49. The molecule has 0 N–H and O–H groups in total. The van der Waals surface area contributed by atoms with E-state index in [4.69, 9.17) is 42.5 Å². The second-order valence-electron chi connectivity index (χ2n) is 10.6. The van der Waals surface area contributed by atoms with Crippen LogP contribution in [0.15, 0.2) is 47.0 Å². The van der Waals surface area contributed by atoms with Crippen LogP contribution in [-0.2, 0) is 11.3 Å². The molecule has 36 heavy (non-hydrogen) atoms. The molecule has 0 unspecified atom stereocenters. The number of aromatic nitrogens is 1. The molecule has 1 heterocycles. The summed E-state index contributed by atoms with van der Waals surface area (Å²) in [5.74, 6) is 2.10. The van der Waals surface area contributed by atoms with Crippen LogP contribution in [0, 0.1) is 16.7 Å². The molecule has 7 heteroatoms. The molecule has 4 fully saturated rings. The van der Waals surface area contributed by atoms with Crippen LogP contribution in [0.4, 0.5) is 0 Å². The molecule has 7 rings (SSSR count). The number of hydrogen-bond donors (Lipinski definition) is 0. The minimum Gasteiger partial charge on any atom is -0.493 e. The van der Waals surface area contributed by atoms with Crippen molar-refractivity contribution in [2.45, 2.75) is 69.5 Å². The van der Waals surface area contributed by atoms with E-state index in [1.165, 1.54) is 0 Å². The van der Waals surface area contributed by atoms with Gasteiger partial charge in [0, 0.05) is 22.5 Å². The Kier molecular flexibility index (Phi) is 6.24. The summed E-state index contributed by atoms with van der Waals surface area (Å²) in [6, 6.07) is 15.1. The third-order valence-electron chi connectivity index (χ3n) is 8.33. The van der Waals surface area contributed by atoms with Crippen molar-refractivity contribution in [2.75, 3.05) is 6.61 Å². The maximum Gasteiger partial charge on any atom is 0.145 e. The molecule has 2 aromatic carbocycles. The van der Waals surface area contributed by atoms with Gasteiger partial charge in [0.25, 0.3) is 0 Å². The van der Waals surface area contributed by atoms with Gasteiger partial charge in [-0.05, 0) is 81.7 Å². The third kappa shape index (κ3) is 4.52. The monoisotopic (exact) mass is 522 g/mol. The first kappa shape index (κ1) is 23.9. The summed E-state index contributed by atoms with van der Waals surface area (Å²) in [4.78, 5) is 0. The van der Waals surface area contributed by atoms with Crippen LogP contribution < -0.4 is 4.74 Å². The summed E-state index contributed by atoms with van der Waals surface area (Å²) in [5.41, 5.74) is 3.10. The lowest BCUT2D eigenvalue weighted by molar-refractivity contribution is -0.150. The average molecular weight is 523 g/mol. The van der Waals surface area contributed by atoms with Crippen molar-refractivity contribution in [2.24, 2.45) is 5.41 Å². The highest BCUT2D eigenvalue weighted by atomic mass is 35.5. The molecule has 0 atom stereocenters. The van der Waals surface area contributed by atoms with Crippen LogP contribution in [0.3, 0.4) is 0 Å². The van der Waals surface area contributed by atoms with Gasteiger partial charge in [-0.3, -0.25) is 0 Å². The Morgan fingerprint density at radius 3 is 2.36 bits per heavy atom. The van der Waals surface area contributed by atoms with Gasteiger partial charge in [0.2, 0.25) is 0 Å². The Morgan fingerprint density at radius 1 is 1.00 bits per heavy atom. The number of nitriles is 1. The van der Waals surface area contributed by atoms with Crippen molar-refractivity contribution >= 4 is 23.2 Å². The first-order chi connectivity index (χ1) is 17.5. The number of nitrogens with zero attached hydrogens (tertiary/aromatic N) is 2. The second-order valence-corrected chi connectivity index (χ2v) is 11.5. The first-order valence-electron chi connectivity index (χ1n) is 12.7. The lowest BCUT2D eigenvalue weighted by Gasteiger charge is -2.52. The number of hydrogen-bond acceptors (Lipinski definition) is 5. The van der Waals surface area contributed by atoms with Crippen LogP contribution in [0.25, 0.3) is 11.3 Å². The molecule has 4 aliphatic carbocycles. The van der Waals surface area contributed by atoms with Crippen LogP contribution in [0.2, 0.25) is 10.0 Å². The topological polar surface area (TPSA) is 68.3 Å². The van der Waals surface area contributed by atoms with Crippen LogP contribution in [0.5, 0.6) is 5.75 Å². The quantitative estimate of drug-likeness (QED) is 0.299. The smallest absolute Gasteiger partial charge is 0.145 e. The van der Waals surface area contributed by atoms with Gasteiger partial charge in [-0.2, -0.15) is 5.26 Å². The van der Waals surface area contributed by atoms with Gasteiger partial charge in [0.15, 0.2) is 0 Å². The van der Waals surface area contributed by atoms with E-state index in [9.17, 15) is 0 Å². The van der Waals surface area contributed by atoms with Crippen molar-refractivity contribution in [3.63, 3.8) is 0 Å². The van der Waals surface area contributed by atoms with Crippen LogP contribution in [-0.4, -0.2) is 17.4 Å². The highest BCUT2D eigenvalue weighted by Gasteiger charge is 2.50. The van der Waals surface area contributed by atoms with Crippen LogP contribution >= 0.6 is 23.2 Å². The molecule has 0 spiro atoms. The third-order valence-corrected chi connectivity index (χ3v) is 8.96. The number of benzene rings is 2. The maximum absolute atomic E-state index is 9.15. The lowest BCUT2D eigenvalue weighted by atomic mass is 9.59. The van der Waals surface area contributed by atoms with E-state index in [1.54, 1.807) is 6.07 Å². The van der Waals surface area contributed by atoms with Crippen LogP contribution in [0.1, 0.15) is 74.2 Å². The fourth-order valence-electron chi connectivity index (χ4n) is 5.83. The maximum atomic E-state index is 9.15. The molecule has 5 nitrogen and oxygen atoms in total. The molecule has 0 radical (unpaired) electrons. The molecule has 2 bridgehead atoms. The summed E-state index contributed by atoms with van der Waals surface area (Å²) >= 11 is 13.0. The van der Waals surface area contributed by atoms with Crippen molar-refractivity contribution in [3.8, 4) is 23.1 Å². The van der Waals surface area contributed by atoms with E-state index < -0.39 is 0 Å². The zero-order valence-electron chi connectivity index (χ0n) is 20.1. The van der Waals surface area contributed by atoms with Crippen molar-refractivity contribution < 1.29 is 14.0 Å². The average Bonchev–Trinajstić information content (AvgIpc) is 3.68. The fraction of sp³-hybridized carbons (Fsp3) is 0.448. The summed E-state index contributed by atoms with van der Waals surface area (Å²) in [5, 5.41) is 14.7. The summed E-state index contributed by atoms with van der Waals surface area (Å²) < 4.78 is 18.7. The zero-order chi connectivity index (χ0) is 24.8. The first-order valence-corrected chi connectivity index (χ1v) is 13.5. The van der Waals surface area contributed by atoms with E-state index in [0.29, 0.717) is 40.4 Å². The minimum atomic E-state index is -0.123. The summed E-state index contributed by atoms with van der Waals surface area (Å²) in [6.07, 6.45) is 8.50. The highest BCUT2D eigenvalue weighted by Crippen LogP contribution is 2.55. The van der Waals surface area contributed by atoms with E-state index in [2.05, 4.69) is 11.2 Å². The number of ether oxygens (including phenoxy) is 2. The van der Waals surface area contributed by atoms with Gasteiger partial charge >= 0.3 is 0 Å². The Hall–Kier alpha value is -2.52. The molecule has 1 aromatic heterocycles. The molecule has 3 aromatic rings. The van der Waals surface area contributed by atoms with E-state index in [-0.39, 0.29) is 11.0 Å². The van der Waals surface area contributed by atoms with Gasteiger partial charge in [-0.25, -0.2) is 0 Å². The number of rotatable bonds is 8. The van der Waals surface area contributed by atoms with E-state index in [1.807, 2.05) is 36.4 Å². The van der Waals surface area contributed by atoms with E-state index in [0.717, 1.165) is 74.0 Å². The number of halogens is 2. The van der Waals surface area contributed by atoms with Crippen molar-refractivity contribution in [1.29, 1.82) is 5.26 Å². The standard InChI is InChI=1S/C29H28Cl2N2O3/c30-23-5-2-6-24(31)25(23)26-22(27(36-33-26)20-7-8-20)17-35-29-12-9-28(10-13-29,11-14-29)18-34-21-4-1-3-19(15-21)16-32/h1-6,15,20H,7-14,17-18H2. The number of fused-ring (bicyclic) bond motifs is 3. The summed E-state index contributed by atoms with van der Waals surface area (Å²) in [7, 11) is 0. The fourth-order valence-corrected chi connectivity index (χ4v) is 6.40. The Bertz CT molecular complexity index is 1280. The van der Waals surface area contributed by atoms with Gasteiger partial charge in [0.05, 0.1) is 40.5 Å².